The average molecular weight is 1110 g/mol. The number of hydrogen-bond acceptors (Lipinski definition) is 14. The van der Waals surface area contributed by atoms with E-state index in [-0.39, 0.29) is 46.5 Å². The fraction of sp³-hybridized carbons (Fsp3) is 0.456. The summed E-state index contributed by atoms with van der Waals surface area (Å²) < 4.78 is 47.0. The van der Waals surface area contributed by atoms with E-state index in [1.165, 1.54) is 10.6 Å². The van der Waals surface area contributed by atoms with Gasteiger partial charge in [0.1, 0.15) is 30.5 Å². The first-order valence-corrected chi connectivity index (χ1v) is 27.6. The monoisotopic (exact) mass is 1110 g/mol. The number of fused-ring (bicyclic) bond motifs is 2. The van der Waals surface area contributed by atoms with Crippen LogP contribution < -0.4 is 19.9 Å². The Labute approximate surface area is 461 Å². The van der Waals surface area contributed by atoms with E-state index in [0.29, 0.717) is 120 Å². The number of halogens is 4. The summed E-state index contributed by atoms with van der Waals surface area (Å²) in [5, 5.41) is 34.1. The minimum absolute atomic E-state index is 0.00312. The average Bonchev–Trinajstić information content (AvgIpc) is 3.94. The maximum absolute atomic E-state index is 13.9. The Bertz CT molecular complexity index is 3180. The molecule has 18 nitrogen and oxygen atoms in total. The van der Waals surface area contributed by atoms with Crippen LogP contribution in [0.2, 0.25) is 5.02 Å². The van der Waals surface area contributed by atoms with Gasteiger partial charge in [0.2, 0.25) is 17.6 Å². The van der Waals surface area contributed by atoms with Gasteiger partial charge in [0, 0.05) is 113 Å². The molecule has 2 aromatic heterocycles. The molecule has 0 unspecified atom stereocenters. The van der Waals surface area contributed by atoms with Crippen LogP contribution in [0.25, 0.3) is 27.8 Å². The van der Waals surface area contributed by atoms with Crippen molar-refractivity contribution >= 4 is 51.6 Å². The van der Waals surface area contributed by atoms with Crippen molar-refractivity contribution in [2.75, 3.05) is 101 Å². The number of phenols is 2. The molecule has 0 bridgehead atoms. The number of piperazine rings is 2. The van der Waals surface area contributed by atoms with Crippen LogP contribution in [0.15, 0.2) is 72.8 Å². The fourth-order valence-corrected chi connectivity index (χ4v) is 11.5. The molecule has 4 aliphatic heterocycles. The van der Waals surface area contributed by atoms with Gasteiger partial charge in [0.05, 0.1) is 22.8 Å². The molecule has 0 saturated carbocycles. The second kappa shape index (κ2) is 23.6. The van der Waals surface area contributed by atoms with Gasteiger partial charge in [-0.1, -0.05) is 68.8 Å². The van der Waals surface area contributed by atoms with Crippen LogP contribution in [0.1, 0.15) is 79.0 Å². The number of phenolic OH excluding ortho intramolecular Hbond substituents is 2. The largest absolute Gasteiger partial charge is 0.508 e. The van der Waals surface area contributed by atoms with Crippen molar-refractivity contribution in [3.8, 4) is 34.6 Å². The van der Waals surface area contributed by atoms with Crippen molar-refractivity contribution in [1.82, 2.24) is 49.6 Å². The van der Waals surface area contributed by atoms with E-state index in [0.717, 1.165) is 71.2 Å². The molecule has 4 aliphatic rings. The van der Waals surface area contributed by atoms with E-state index in [9.17, 15) is 37.8 Å². The van der Waals surface area contributed by atoms with E-state index >= 15 is 0 Å². The number of amides is 3. The number of hydrogen-bond donors (Lipinski definition) is 3. The summed E-state index contributed by atoms with van der Waals surface area (Å²) in [5.74, 6) is -1.04. The Morgan fingerprint density at radius 1 is 0.810 bits per heavy atom. The number of rotatable bonds is 15. The molecule has 6 aromatic rings. The molecule has 0 radical (unpaired) electrons. The van der Waals surface area contributed by atoms with Crippen molar-refractivity contribution < 1.29 is 42.5 Å². The number of carbonyl (C=O) groups is 3. The third-order valence-corrected chi connectivity index (χ3v) is 15.9. The highest BCUT2D eigenvalue weighted by atomic mass is 35.5. The minimum Gasteiger partial charge on any atom is -0.508 e. The molecule has 418 valence electrons. The number of nitrogens with zero attached hydrogens (tertiary/aromatic N) is 11. The smallest absolute Gasteiger partial charge is 0.405 e. The summed E-state index contributed by atoms with van der Waals surface area (Å²) in [4.78, 5) is 62.7. The zero-order valence-electron chi connectivity index (χ0n) is 44.7. The molecule has 3 amide bonds. The Morgan fingerprint density at radius 3 is 2.22 bits per heavy atom. The van der Waals surface area contributed by atoms with Gasteiger partial charge in [0.15, 0.2) is 5.82 Å². The van der Waals surface area contributed by atoms with Gasteiger partial charge in [0.25, 0.3) is 5.91 Å². The quantitative estimate of drug-likeness (QED) is 0.0922. The van der Waals surface area contributed by atoms with E-state index in [2.05, 4.69) is 54.1 Å². The zero-order chi connectivity index (χ0) is 55.5. The molecule has 10 rings (SSSR count). The van der Waals surface area contributed by atoms with Crippen LogP contribution in [0.3, 0.4) is 0 Å². The van der Waals surface area contributed by atoms with Crippen molar-refractivity contribution in [2.45, 2.75) is 71.6 Å². The maximum Gasteiger partial charge on any atom is 0.405 e. The number of nitrogens with one attached hydrogen (secondary N) is 1. The molecule has 3 fully saturated rings. The molecule has 3 N–H and O–H groups in total. The van der Waals surface area contributed by atoms with E-state index in [1.807, 2.05) is 60.2 Å². The summed E-state index contributed by atoms with van der Waals surface area (Å²) in [5.41, 5.74) is 5.03. The number of ether oxygens (including phenoxy) is 1. The Morgan fingerprint density at radius 2 is 1.52 bits per heavy atom. The lowest BCUT2D eigenvalue weighted by Crippen LogP contribution is -2.52. The minimum atomic E-state index is -4.66. The highest BCUT2D eigenvalue weighted by Gasteiger charge is 2.34. The van der Waals surface area contributed by atoms with E-state index in [1.54, 1.807) is 12.1 Å². The van der Waals surface area contributed by atoms with Gasteiger partial charge in [-0.2, -0.15) is 23.1 Å². The van der Waals surface area contributed by atoms with Gasteiger partial charge in [-0.25, -0.2) is 0 Å². The predicted octanol–water partition coefficient (Wildman–Crippen LogP) is 7.41. The van der Waals surface area contributed by atoms with Crippen LogP contribution in [0.4, 0.5) is 24.7 Å². The number of alkyl halides is 3. The third kappa shape index (κ3) is 12.3. The zero-order valence-corrected chi connectivity index (χ0v) is 45.4. The molecule has 22 heteroatoms. The van der Waals surface area contributed by atoms with Crippen LogP contribution in [0, 0.1) is 5.92 Å². The first-order valence-electron chi connectivity index (χ1n) is 27.2. The molecule has 0 aliphatic carbocycles. The normalized spacial score (nSPS) is 16.9. The molecular formula is C57H66ClF3N12O6. The van der Waals surface area contributed by atoms with Crippen molar-refractivity contribution in [3.05, 3.63) is 106 Å². The number of benzene rings is 4. The van der Waals surface area contributed by atoms with Gasteiger partial charge < -0.3 is 39.9 Å². The van der Waals surface area contributed by atoms with Crippen LogP contribution >= 0.6 is 11.6 Å². The number of piperidine rings is 1. The number of carbonyl (C=O) groups excluding carboxylic acids is 3. The van der Waals surface area contributed by atoms with Gasteiger partial charge in [-0.3, -0.25) is 28.8 Å². The fourth-order valence-electron chi connectivity index (χ4n) is 11.3. The summed E-state index contributed by atoms with van der Waals surface area (Å²) in [7, 11) is 0. The van der Waals surface area contributed by atoms with Crippen molar-refractivity contribution in [1.29, 1.82) is 0 Å². The standard InChI is InChI=1S/C57H66ClF3N12O6/c1-4-49(76)69-25-27-70(28-26-69)51-41-17-20-72(46-10-6-8-38-7-5-9-44(58)50(38)46)34-45(41)63-56(64-51)79-30-29-67-21-23-71(24-22-67)55(78)39-15-18-68(19-16-39)33-37-11-13-40(14-12-37)73-52(43-31-42(36(2)3)47(74)32-48(43)75)65-66-53(73)54(77)62-35-57(59,60)61/h5-14,31-32,36,39,74-75H,4,15-30,33-35H2,1-3H3,(H,62,77). The summed E-state index contributed by atoms with van der Waals surface area (Å²) in [6.45, 7) is 13.7. The second-order valence-electron chi connectivity index (χ2n) is 21.1. The SMILES string of the molecule is CCC(=O)N1CCN(c2nc(OCCN3CCN(C(=O)C4CCN(Cc5ccc(-n6c(C(=O)NCC(F)(F)F)nnc6-c6cc(C(C)C)c(O)cc6O)cc5)CC4)CC3)nc3c2CCN(c2cccc4cccc(Cl)c24)C3)CC1. The molecular weight excluding hydrogens is 1040 g/mol. The highest BCUT2D eigenvalue weighted by molar-refractivity contribution is 6.36. The van der Waals surface area contributed by atoms with Crippen molar-refractivity contribution in [2.24, 2.45) is 5.92 Å². The molecule has 3 saturated heterocycles. The lowest BCUT2D eigenvalue weighted by molar-refractivity contribution is -0.139. The maximum atomic E-state index is 13.9. The predicted molar refractivity (Wildman–Crippen MR) is 294 cm³/mol. The Kier molecular flexibility index (Phi) is 16.5. The van der Waals surface area contributed by atoms with Crippen LogP contribution in [0.5, 0.6) is 17.5 Å². The first kappa shape index (κ1) is 55.1. The number of aromatic nitrogens is 5. The highest BCUT2D eigenvalue weighted by Crippen LogP contribution is 2.40. The van der Waals surface area contributed by atoms with Crippen molar-refractivity contribution in [3.63, 3.8) is 0 Å². The number of anilines is 2. The summed E-state index contributed by atoms with van der Waals surface area (Å²) >= 11 is 6.78. The second-order valence-corrected chi connectivity index (χ2v) is 21.5. The van der Waals surface area contributed by atoms with Gasteiger partial charge >= 0.3 is 12.2 Å². The van der Waals surface area contributed by atoms with Crippen LogP contribution in [-0.4, -0.2) is 170 Å². The van der Waals surface area contributed by atoms with Gasteiger partial charge in [-0.05, 0) is 85.1 Å². The first-order chi connectivity index (χ1) is 38.0. The van der Waals surface area contributed by atoms with Crippen LogP contribution in [-0.2, 0) is 29.1 Å². The van der Waals surface area contributed by atoms with Gasteiger partial charge in [-0.15, -0.1) is 10.2 Å². The molecule has 0 atom stereocenters. The molecule has 0 spiro atoms. The summed E-state index contributed by atoms with van der Waals surface area (Å²) in [6, 6.07) is 22.4. The third-order valence-electron chi connectivity index (χ3n) is 15.6. The molecule has 6 heterocycles. The Hall–Kier alpha value is -7.23. The lowest BCUT2D eigenvalue weighted by Gasteiger charge is -2.38. The summed E-state index contributed by atoms with van der Waals surface area (Å²) in [6.07, 6.45) is -2.01. The topological polar surface area (TPSA) is 189 Å². The number of aromatic hydroxyl groups is 2. The lowest BCUT2D eigenvalue weighted by atomic mass is 9.94. The Balaban J connectivity index is 0.731. The molecule has 79 heavy (non-hydrogen) atoms. The number of likely N-dealkylation sites (tertiary alicyclic amines) is 1. The van der Waals surface area contributed by atoms with E-state index < -0.39 is 24.5 Å². The molecule has 4 aromatic carbocycles. The van der Waals surface area contributed by atoms with E-state index in [4.69, 9.17) is 26.3 Å².